The monoisotopic (exact) mass is 263 g/mol. The zero-order chi connectivity index (χ0) is 13.8. The maximum absolute atomic E-state index is 12.0. The molecule has 100 valence electrons. The van der Waals surface area contributed by atoms with Gasteiger partial charge in [0, 0.05) is 0 Å². The van der Waals surface area contributed by atoms with E-state index in [1.807, 2.05) is 0 Å². The first-order valence-electron chi connectivity index (χ1n) is 5.11. The Kier molecular flexibility index (Phi) is 4.55. The van der Waals surface area contributed by atoms with Crippen molar-refractivity contribution in [3.8, 4) is 5.75 Å². The van der Waals surface area contributed by atoms with E-state index in [2.05, 4.69) is 9.47 Å². The smallest absolute Gasteiger partial charge is 0.465 e. The first-order chi connectivity index (χ1) is 8.33. The van der Waals surface area contributed by atoms with Crippen LogP contribution in [0, 0.1) is 0 Å². The molecular weight excluding hydrogens is 251 g/mol. The number of nitrogens with two attached hydrogens (primary N) is 1. The van der Waals surface area contributed by atoms with Crippen molar-refractivity contribution in [1.82, 2.24) is 0 Å². The maximum atomic E-state index is 12.0. The molecule has 1 atom stereocenters. The summed E-state index contributed by atoms with van der Waals surface area (Å²) in [6.45, 7) is 1.75. The Bertz CT molecular complexity index is 420. The lowest BCUT2D eigenvalue weighted by Gasteiger charge is -2.13. The average Bonchev–Trinajstić information content (AvgIpc) is 2.26. The van der Waals surface area contributed by atoms with Gasteiger partial charge in [0.25, 0.3) is 0 Å². The molecule has 0 radical (unpaired) electrons. The number of esters is 1. The second kappa shape index (κ2) is 5.72. The Balaban J connectivity index is 2.84. The van der Waals surface area contributed by atoms with E-state index < -0.39 is 24.1 Å². The van der Waals surface area contributed by atoms with Crippen LogP contribution in [0.5, 0.6) is 5.75 Å². The van der Waals surface area contributed by atoms with Gasteiger partial charge in [0.1, 0.15) is 11.8 Å². The van der Waals surface area contributed by atoms with Crippen LogP contribution in [0.2, 0.25) is 0 Å². The van der Waals surface area contributed by atoms with Crippen molar-refractivity contribution in [2.24, 2.45) is 5.73 Å². The van der Waals surface area contributed by atoms with E-state index in [1.54, 1.807) is 6.92 Å². The van der Waals surface area contributed by atoms with Crippen LogP contribution in [0.3, 0.4) is 0 Å². The fraction of sp³-hybridized carbons (Fsp3) is 0.364. The Morgan fingerprint density at radius 3 is 2.67 bits per heavy atom. The third-order valence-corrected chi connectivity index (χ3v) is 1.99. The van der Waals surface area contributed by atoms with Gasteiger partial charge in [-0.15, -0.1) is 13.2 Å². The molecule has 4 nitrogen and oxygen atoms in total. The van der Waals surface area contributed by atoms with Gasteiger partial charge < -0.3 is 15.2 Å². The molecule has 0 saturated carbocycles. The van der Waals surface area contributed by atoms with E-state index >= 15 is 0 Å². The fourth-order valence-electron chi connectivity index (χ4n) is 1.27. The largest absolute Gasteiger partial charge is 0.573 e. The van der Waals surface area contributed by atoms with Gasteiger partial charge in [-0.25, -0.2) is 4.79 Å². The fourth-order valence-corrected chi connectivity index (χ4v) is 1.27. The molecule has 0 spiro atoms. The van der Waals surface area contributed by atoms with E-state index in [0.717, 1.165) is 12.1 Å². The predicted octanol–water partition coefficient (Wildman–Crippen LogP) is 2.15. The molecule has 1 aromatic rings. The third-order valence-electron chi connectivity index (χ3n) is 1.99. The van der Waals surface area contributed by atoms with Crippen molar-refractivity contribution < 1.29 is 27.4 Å². The zero-order valence-electron chi connectivity index (χ0n) is 9.53. The molecule has 0 aliphatic carbocycles. The van der Waals surface area contributed by atoms with E-state index in [-0.39, 0.29) is 12.2 Å². The number of ether oxygens (including phenoxy) is 2. The van der Waals surface area contributed by atoms with Crippen LogP contribution < -0.4 is 10.5 Å². The topological polar surface area (TPSA) is 61.5 Å². The van der Waals surface area contributed by atoms with Crippen LogP contribution in [0.25, 0.3) is 0 Å². The minimum atomic E-state index is -4.79. The first-order valence-corrected chi connectivity index (χ1v) is 5.11. The summed E-state index contributed by atoms with van der Waals surface area (Å²) in [4.78, 5) is 11.3. The summed E-state index contributed by atoms with van der Waals surface area (Å²) in [7, 11) is 0. The number of halogens is 3. The predicted molar refractivity (Wildman–Crippen MR) is 56.7 cm³/mol. The lowest BCUT2D eigenvalue weighted by molar-refractivity contribution is -0.274. The number of hydrogen-bond acceptors (Lipinski definition) is 4. The first kappa shape index (κ1) is 14.3. The highest BCUT2D eigenvalue weighted by Crippen LogP contribution is 2.25. The van der Waals surface area contributed by atoms with Crippen LogP contribution in [-0.4, -0.2) is 18.9 Å². The minimum absolute atomic E-state index is 0.144. The summed E-state index contributed by atoms with van der Waals surface area (Å²) in [5, 5.41) is 0. The molecule has 0 aromatic heterocycles. The Hall–Kier alpha value is -1.76. The van der Waals surface area contributed by atoms with Crippen LogP contribution in [0.1, 0.15) is 18.5 Å². The van der Waals surface area contributed by atoms with Crippen LogP contribution in [-0.2, 0) is 9.53 Å². The highest BCUT2D eigenvalue weighted by atomic mass is 19.4. The van der Waals surface area contributed by atoms with Gasteiger partial charge in [-0.1, -0.05) is 12.1 Å². The lowest BCUT2D eigenvalue weighted by Crippen LogP contribution is -2.24. The zero-order valence-corrected chi connectivity index (χ0v) is 9.53. The molecule has 0 aliphatic heterocycles. The van der Waals surface area contributed by atoms with E-state index in [1.165, 1.54) is 12.1 Å². The number of benzene rings is 1. The molecule has 0 saturated heterocycles. The van der Waals surface area contributed by atoms with Gasteiger partial charge in [0.15, 0.2) is 0 Å². The minimum Gasteiger partial charge on any atom is -0.465 e. The van der Waals surface area contributed by atoms with E-state index in [0.29, 0.717) is 0 Å². The van der Waals surface area contributed by atoms with Gasteiger partial charge >= 0.3 is 12.3 Å². The lowest BCUT2D eigenvalue weighted by atomic mass is 10.1. The maximum Gasteiger partial charge on any atom is 0.573 e. The van der Waals surface area contributed by atoms with Crippen molar-refractivity contribution in [1.29, 1.82) is 0 Å². The molecule has 0 unspecified atom stereocenters. The standard InChI is InChI=1S/C11H12F3NO3/c1-2-17-10(16)9(15)7-4-3-5-8(6-7)18-11(12,13)14/h3-6,9H,2,15H2,1H3/t9-/m1/s1. The average molecular weight is 263 g/mol. The Morgan fingerprint density at radius 2 is 2.11 bits per heavy atom. The molecule has 0 amide bonds. The van der Waals surface area contributed by atoms with Crippen LogP contribution in [0.4, 0.5) is 13.2 Å². The molecule has 2 N–H and O–H groups in total. The molecule has 0 heterocycles. The Morgan fingerprint density at radius 1 is 1.44 bits per heavy atom. The second-order valence-electron chi connectivity index (χ2n) is 3.35. The van der Waals surface area contributed by atoms with Gasteiger partial charge in [-0.3, -0.25) is 0 Å². The van der Waals surface area contributed by atoms with Gasteiger partial charge in [0.05, 0.1) is 6.61 Å². The summed E-state index contributed by atoms with van der Waals surface area (Å²) in [5.74, 6) is -1.14. The summed E-state index contributed by atoms with van der Waals surface area (Å²) in [5.41, 5.74) is 5.74. The van der Waals surface area contributed by atoms with E-state index in [9.17, 15) is 18.0 Å². The molecular formula is C11H12F3NO3. The van der Waals surface area contributed by atoms with Gasteiger partial charge in [-0.2, -0.15) is 0 Å². The molecule has 0 fully saturated rings. The second-order valence-corrected chi connectivity index (χ2v) is 3.35. The molecule has 1 aromatic carbocycles. The normalized spacial score (nSPS) is 12.9. The quantitative estimate of drug-likeness (QED) is 0.845. The van der Waals surface area contributed by atoms with Crippen molar-refractivity contribution in [2.75, 3.05) is 6.61 Å². The molecule has 7 heteroatoms. The van der Waals surface area contributed by atoms with Crippen molar-refractivity contribution in [2.45, 2.75) is 19.3 Å². The number of hydrogen-bond donors (Lipinski definition) is 1. The molecule has 0 aliphatic rings. The van der Waals surface area contributed by atoms with Gasteiger partial charge in [0.2, 0.25) is 0 Å². The van der Waals surface area contributed by atoms with Gasteiger partial charge in [-0.05, 0) is 24.6 Å². The van der Waals surface area contributed by atoms with Crippen LogP contribution in [0.15, 0.2) is 24.3 Å². The SMILES string of the molecule is CCOC(=O)[C@H](N)c1cccc(OC(F)(F)F)c1. The van der Waals surface area contributed by atoms with Crippen molar-refractivity contribution >= 4 is 5.97 Å². The summed E-state index contributed by atoms with van der Waals surface area (Å²) >= 11 is 0. The molecule has 18 heavy (non-hydrogen) atoms. The van der Waals surface area contributed by atoms with Crippen molar-refractivity contribution in [3.05, 3.63) is 29.8 Å². The summed E-state index contributed by atoms with van der Waals surface area (Å²) < 4.78 is 44.4. The third kappa shape index (κ3) is 4.25. The highest BCUT2D eigenvalue weighted by Gasteiger charge is 2.31. The van der Waals surface area contributed by atoms with Crippen LogP contribution >= 0.6 is 0 Å². The molecule has 0 bridgehead atoms. The number of alkyl halides is 3. The Labute approximate surface area is 101 Å². The summed E-state index contributed by atoms with van der Waals surface area (Å²) in [6.07, 6.45) is -4.79. The number of rotatable bonds is 4. The van der Waals surface area contributed by atoms with E-state index in [4.69, 9.17) is 5.73 Å². The molecule has 1 rings (SSSR count). The number of carbonyl (C=O) groups excluding carboxylic acids is 1. The van der Waals surface area contributed by atoms with Crippen molar-refractivity contribution in [3.63, 3.8) is 0 Å². The summed E-state index contributed by atoms with van der Waals surface area (Å²) in [6, 6.07) is 3.77. The number of carbonyl (C=O) groups is 1. The highest BCUT2D eigenvalue weighted by molar-refractivity contribution is 5.77.